The Labute approximate surface area is 87.1 Å². The van der Waals surface area contributed by atoms with E-state index in [1.54, 1.807) is 12.3 Å². The molecule has 1 rings (SSSR count). The van der Waals surface area contributed by atoms with Crippen molar-refractivity contribution in [3.05, 3.63) is 31.2 Å². The van der Waals surface area contributed by atoms with Crippen LogP contribution < -0.4 is 10.8 Å². The van der Waals surface area contributed by atoms with Gasteiger partial charge in [-0.25, -0.2) is 15.2 Å². The lowest BCUT2D eigenvalue weighted by molar-refractivity contribution is -0.825. The normalized spacial score (nSPS) is 10.9. The van der Waals surface area contributed by atoms with Crippen LogP contribution in [0.3, 0.4) is 0 Å². The zero-order valence-corrected chi connectivity index (χ0v) is 8.09. The first kappa shape index (κ1) is 11.0. The van der Waals surface area contributed by atoms with Gasteiger partial charge >= 0.3 is 0 Å². The van der Waals surface area contributed by atoms with Gasteiger partial charge in [-0.2, -0.15) is 5.48 Å². The molecule has 0 fully saturated rings. The Morgan fingerprint density at radius 2 is 2.47 bits per heavy atom. The molecule has 4 N–H and O–H groups in total. The maximum atomic E-state index is 8.92. The summed E-state index contributed by atoms with van der Waals surface area (Å²) in [5.41, 5.74) is 2.13. The molecule has 0 unspecified atom stereocenters. The maximum Gasteiger partial charge on any atom is 0.226 e. The molecule has 0 aliphatic heterocycles. The molecule has 1 heterocycles. The van der Waals surface area contributed by atoms with Crippen molar-refractivity contribution < 1.29 is 10.7 Å². The Morgan fingerprint density at radius 3 is 3.07 bits per heavy atom. The molecule has 1 aromatic rings. The van der Waals surface area contributed by atoms with E-state index in [0.29, 0.717) is 17.3 Å². The van der Waals surface area contributed by atoms with Crippen LogP contribution in [0.25, 0.3) is 0 Å². The van der Waals surface area contributed by atoms with E-state index >= 15 is 0 Å². The van der Waals surface area contributed by atoms with E-state index in [-0.39, 0.29) is 0 Å². The van der Waals surface area contributed by atoms with Crippen LogP contribution in [0.2, 0.25) is 0 Å². The average Bonchev–Trinajstić information content (AvgIpc) is 2.29. The number of nitrogens with one attached hydrogen (secondary N) is 1. The molecule has 78 valence electrons. The molecule has 0 amide bonds. The molecule has 6 heteroatoms. The quantitative estimate of drug-likeness (QED) is 0.377. The minimum absolute atomic E-state index is 0.305. The molecule has 15 heavy (non-hydrogen) atoms. The summed E-state index contributed by atoms with van der Waals surface area (Å²) in [6, 6.07) is 1.69. The van der Waals surface area contributed by atoms with Crippen LogP contribution in [0.4, 0.5) is 11.4 Å². The van der Waals surface area contributed by atoms with Crippen molar-refractivity contribution in [2.75, 3.05) is 5.32 Å². The van der Waals surface area contributed by atoms with Crippen LogP contribution in [-0.4, -0.2) is 22.9 Å². The Kier molecular flexibility index (Phi) is 4.14. The second kappa shape index (κ2) is 5.63. The number of aliphatic imine (C=N–C) groups is 2. The van der Waals surface area contributed by atoms with Gasteiger partial charge in [0.2, 0.25) is 11.6 Å². The summed E-state index contributed by atoms with van der Waals surface area (Å²) in [6.07, 6.45) is 4.45. The van der Waals surface area contributed by atoms with E-state index in [2.05, 4.69) is 33.6 Å². The van der Waals surface area contributed by atoms with Gasteiger partial charge in [0.1, 0.15) is 5.69 Å². The molecule has 0 aromatic carbocycles. The topological polar surface area (TPSA) is 86.5 Å². The van der Waals surface area contributed by atoms with E-state index in [1.165, 1.54) is 12.4 Å². The number of aromatic nitrogens is 1. The van der Waals surface area contributed by atoms with Crippen LogP contribution in [0.5, 0.6) is 0 Å². The first-order chi connectivity index (χ1) is 7.31. The summed E-state index contributed by atoms with van der Waals surface area (Å²) < 4.78 is 0. The number of guanidine groups is 1. The van der Waals surface area contributed by atoms with Crippen molar-refractivity contribution in [1.82, 2.24) is 4.98 Å². The number of nitrogens with zero attached hydrogens (tertiary/aromatic N) is 3. The van der Waals surface area contributed by atoms with Crippen molar-refractivity contribution in [2.24, 2.45) is 9.98 Å². The van der Waals surface area contributed by atoms with Crippen molar-refractivity contribution in [1.29, 1.82) is 0 Å². The Hall–Kier alpha value is -2.05. The molecule has 6 nitrogen and oxygen atoms in total. The van der Waals surface area contributed by atoms with Gasteiger partial charge in [-0.1, -0.05) is 6.58 Å². The number of hydrogen-bond donors (Lipinski definition) is 3. The average molecular weight is 206 g/mol. The summed E-state index contributed by atoms with van der Waals surface area (Å²) in [7, 11) is 0. The first-order valence-electron chi connectivity index (χ1n) is 4.15. The SMILES string of the molecule is C=CN=C(N=C)Nc1ccncc1[NH2+]O. The lowest BCUT2D eigenvalue weighted by Crippen LogP contribution is -2.74. The molecule has 0 saturated carbocycles. The van der Waals surface area contributed by atoms with Crippen LogP contribution in [-0.2, 0) is 0 Å². The van der Waals surface area contributed by atoms with Gasteiger partial charge in [-0.15, -0.1) is 0 Å². The Morgan fingerprint density at radius 1 is 1.67 bits per heavy atom. The molecule has 0 aliphatic carbocycles. The minimum Gasteiger partial charge on any atom is -0.319 e. The molecule has 0 bridgehead atoms. The molecular formula is C9H12N5O+. The highest BCUT2D eigenvalue weighted by atomic mass is 16.5. The smallest absolute Gasteiger partial charge is 0.226 e. The predicted octanol–water partition coefficient (Wildman–Crippen LogP) is 0.278. The van der Waals surface area contributed by atoms with Crippen molar-refractivity contribution in [3.63, 3.8) is 0 Å². The molecule has 0 radical (unpaired) electrons. The Balaban J connectivity index is 2.92. The summed E-state index contributed by atoms with van der Waals surface area (Å²) in [4.78, 5) is 11.3. The fraction of sp³-hybridized carbons (Fsp3) is 0. The van der Waals surface area contributed by atoms with Gasteiger partial charge in [0.15, 0.2) is 0 Å². The monoisotopic (exact) mass is 206 g/mol. The lowest BCUT2D eigenvalue weighted by atomic mass is 10.3. The predicted molar refractivity (Wildman–Crippen MR) is 58.4 cm³/mol. The number of nitrogens with two attached hydrogens (primary N) is 1. The number of rotatable bonds is 3. The molecule has 0 atom stereocenters. The molecule has 0 aliphatic rings. The summed E-state index contributed by atoms with van der Waals surface area (Å²) >= 11 is 0. The van der Waals surface area contributed by atoms with Crippen molar-refractivity contribution >= 4 is 24.1 Å². The fourth-order valence-electron chi connectivity index (χ4n) is 0.943. The highest BCUT2D eigenvalue weighted by molar-refractivity contribution is 5.98. The highest BCUT2D eigenvalue weighted by Crippen LogP contribution is 2.13. The number of pyridine rings is 1. The minimum atomic E-state index is 0.305. The van der Waals surface area contributed by atoms with Gasteiger partial charge in [-0.05, 0) is 12.8 Å². The van der Waals surface area contributed by atoms with Gasteiger partial charge in [0, 0.05) is 12.4 Å². The molecule has 0 spiro atoms. The third-order valence-corrected chi connectivity index (χ3v) is 1.60. The van der Waals surface area contributed by atoms with E-state index in [9.17, 15) is 0 Å². The van der Waals surface area contributed by atoms with E-state index in [1.807, 2.05) is 0 Å². The maximum absolute atomic E-state index is 8.92. The standard InChI is InChI=1S/C9H11N5O/c1-3-12-9(10-2)13-7-4-5-11-6-8(7)14-15/h3-6,14-15H,1-2H2,(H,11,12,13)/p+1. The van der Waals surface area contributed by atoms with Crippen LogP contribution in [0.15, 0.2) is 41.2 Å². The zero-order valence-electron chi connectivity index (χ0n) is 8.09. The van der Waals surface area contributed by atoms with Crippen LogP contribution in [0, 0.1) is 0 Å². The van der Waals surface area contributed by atoms with Gasteiger partial charge < -0.3 is 5.32 Å². The van der Waals surface area contributed by atoms with E-state index in [4.69, 9.17) is 5.21 Å². The highest BCUT2D eigenvalue weighted by Gasteiger charge is 2.06. The van der Waals surface area contributed by atoms with Crippen molar-refractivity contribution in [2.45, 2.75) is 0 Å². The fourth-order valence-corrected chi connectivity index (χ4v) is 0.943. The third-order valence-electron chi connectivity index (χ3n) is 1.60. The molecule has 1 aromatic heterocycles. The molecule has 0 saturated heterocycles. The van der Waals surface area contributed by atoms with Crippen LogP contribution >= 0.6 is 0 Å². The van der Waals surface area contributed by atoms with E-state index < -0.39 is 0 Å². The van der Waals surface area contributed by atoms with Gasteiger partial charge in [-0.3, -0.25) is 4.98 Å². The third kappa shape index (κ3) is 2.97. The number of quaternary nitrogens is 1. The Bertz CT molecular complexity index is 388. The van der Waals surface area contributed by atoms with Gasteiger partial charge in [0.05, 0.1) is 6.20 Å². The van der Waals surface area contributed by atoms with Gasteiger partial charge in [0.25, 0.3) is 0 Å². The number of anilines is 1. The van der Waals surface area contributed by atoms with E-state index in [0.717, 1.165) is 5.48 Å². The second-order valence-electron chi connectivity index (χ2n) is 2.51. The second-order valence-corrected chi connectivity index (χ2v) is 2.51. The summed E-state index contributed by atoms with van der Waals surface area (Å²) in [6.45, 7) is 6.80. The largest absolute Gasteiger partial charge is 0.319 e. The first-order valence-corrected chi connectivity index (χ1v) is 4.15. The lowest BCUT2D eigenvalue weighted by Gasteiger charge is -2.05. The summed E-state index contributed by atoms with van der Waals surface area (Å²) in [5, 5.41) is 11.8. The zero-order chi connectivity index (χ0) is 11.1. The summed E-state index contributed by atoms with van der Waals surface area (Å²) in [5.74, 6) is 0.305. The molecular weight excluding hydrogens is 194 g/mol. The number of hydrogen-bond acceptors (Lipinski definition) is 3. The van der Waals surface area contributed by atoms with Crippen LogP contribution in [0.1, 0.15) is 0 Å². The van der Waals surface area contributed by atoms with Crippen molar-refractivity contribution in [3.8, 4) is 0 Å².